The van der Waals surface area contributed by atoms with Crippen LogP contribution in [0, 0.1) is 23.2 Å². The molecule has 4 bridgehead atoms. The molecule has 4 fully saturated rings. The molecule has 4 saturated carbocycles. The van der Waals surface area contributed by atoms with E-state index in [1.807, 2.05) is 37.4 Å². The van der Waals surface area contributed by atoms with E-state index < -0.39 is 6.10 Å². The zero-order valence-corrected chi connectivity index (χ0v) is 16.8. The molecule has 4 aliphatic rings. The molecule has 1 aromatic heterocycles. The molecule has 0 aliphatic heterocycles. The third kappa shape index (κ3) is 3.59. The fourth-order valence-electron chi connectivity index (χ4n) is 6.43. The number of fused-ring (bicyclic) bond motifs is 1. The van der Waals surface area contributed by atoms with E-state index in [0.29, 0.717) is 5.41 Å². The van der Waals surface area contributed by atoms with Gasteiger partial charge in [-0.15, -0.1) is 12.4 Å². The van der Waals surface area contributed by atoms with Crippen molar-refractivity contribution in [3.05, 3.63) is 30.5 Å². The van der Waals surface area contributed by atoms with Crippen LogP contribution < -0.4 is 10.1 Å². The van der Waals surface area contributed by atoms with Crippen LogP contribution in [-0.2, 0) is 0 Å². The van der Waals surface area contributed by atoms with Crippen molar-refractivity contribution < 1.29 is 9.84 Å². The van der Waals surface area contributed by atoms with E-state index in [4.69, 9.17) is 4.74 Å². The predicted octanol–water partition coefficient (Wildman–Crippen LogP) is 4.48. The topological polar surface area (TPSA) is 57.3 Å². The van der Waals surface area contributed by atoms with Gasteiger partial charge in [0.1, 0.15) is 11.9 Å². The van der Waals surface area contributed by atoms with Gasteiger partial charge >= 0.3 is 0 Å². The molecular formula is C22H31ClN2O2. The van der Waals surface area contributed by atoms with Gasteiger partial charge in [0.25, 0.3) is 0 Å². The molecule has 4 nitrogen and oxygen atoms in total. The van der Waals surface area contributed by atoms with Crippen molar-refractivity contribution in [2.75, 3.05) is 6.54 Å². The molecule has 0 spiro atoms. The highest BCUT2D eigenvalue weighted by molar-refractivity contribution is 5.86. The lowest BCUT2D eigenvalue weighted by Crippen LogP contribution is -2.54. The number of aliphatic hydroxyl groups is 1. The predicted molar refractivity (Wildman–Crippen MR) is 110 cm³/mol. The maximum Gasteiger partial charge on any atom is 0.176 e. The third-order valence-electron chi connectivity index (χ3n) is 7.09. The average molecular weight is 391 g/mol. The van der Waals surface area contributed by atoms with Gasteiger partial charge in [0.05, 0.1) is 0 Å². The van der Waals surface area contributed by atoms with Crippen molar-refractivity contribution in [2.24, 2.45) is 23.2 Å². The molecular weight excluding hydrogens is 360 g/mol. The fraction of sp³-hybridized carbons (Fsp3) is 0.636. The summed E-state index contributed by atoms with van der Waals surface area (Å²) in [5.74, 6) is 3.67. The van der Waals surface area contributed by atoms with E-state index in [1.54, 1.807) is 0 Å². The molecule has 1 aromatic carbocycles. The van der Waals surface area contributed by atoms with Gasteiger partial charge < -0.3 is 14.8 Å². The van der Waals surface area contributed by atoms with Gasteiger partial charge in [-0.3, -0.25) is 5.32 Å². The van der Waals surface area contributed by atoms with Gasteiger partial charge in [-0.2, -0.15) is 0 Å². The number of H-pyrrole nitrogens is 1. The molecule has 0 amide bonds. The number of aliphatic hydroxyl groups excluding tert-OH is 1. The van der Waals surface area contributed by atoms with E-state index in [2.05, 4.69) is 10.3 Å². The maximum absolute atomic E-state index is 10.3. The Bertz CT molecular complexity index is 752. The zero-order chi connectivity index (χ0) is 17.7. The highest BCUT2D eigenvalue weighted by atomic mass is 35.5. The minimum Gasteiger partial charge on any atom is -0.472 e. The Morgan fingerprint density at radius 3 is 2.44 bits per heavy atom. The van der Waals surface area contributed by atoms with Crippen molar-refractivity contribution in [3.63, 3.8) is 0 Å². The van der Waals surface area contributed by atoms with Crippen LogP contribution in [0.2, 0.25) is 0 Å². The normalized spacial score (nSPS) is 33.6. The summed E-state index contributed by atoms with van der Waals surface area (Å²) in [6.45, 7) is 2.78. The second-order valence-electron chi connectivity index (χ2n) is 9.27. The molecule has 0 radical (unpaired) electrons. The van der Waals surface area contributed by atoms with Crippen LogP contribution in [-0.4, -0.2) is 29.0 Å². The number of rotatable bonds is 6. The summed E-state index contributed by atoms with van der Waals surface area (Å²) in [7, 11) is 0. The van der Waals surface area contributed by atoms with Gasteiger partial charge in [0.15, 0.2) is 6.23 Å². The Labute approximate surface area is 167 Å². The van der Waals surface area contributed by atoms with E-state index in [-0.39, 0.29) is 18.6 Å². The Morgan fingerprint density at radius 2 is 1.81 bits per heavy atom. The number of hydrogen-bond donors (Lipinski definition) is 3. The second-order valence-corrected chi connectivity index (χ2v) is 9.27. The summed E-state index contributed by atoms with van der Waals surface area (Å²) < 4.78 is 6.23. The largest absolute Gasteiger partial charge is 0.472 e. The molecule has 27 heavy (non-hydrogen) atoms. The lowest BCUT2D eigenvalue weighted by molar-refractivity contribution is -0.0629. The summed E-state index contributed by atoms with van der Waals surface area (Å²) in [5.41, 5.74) is 1.50. The lowest BCUT2D eigenvalue weighted by atomic mass is 9.49. The number of nitrogens with one attached hydrogen (secondary N) is 2. The minimum atomic E-state index is -0.557. The Hall–Kier alpha value is -1.23. The van der Waals surface area contributed by atoms with Crippen LogP contribution in [0.1, 0.15) is 45.4 Å². The van der Waals surface area contributed by atoms with E-state index >= 15 is 0 Å². The minimum absolute atomic E-state index is 0. The van der Waals surface area contributed by atoms with Crippen molar-refractivity contribution in [3.8, 4) is 5.75 Å². The highest BCUT2D eigenvalue weighted by Gasteiger charge is 2.50. The summed E-state index contributed by atoms with van der Waals surface area (Å²) in [5, 5.41) is 15.0. The van der Waals surface area contributed by atoms with Crippen LogP contribution in [0.4, 0.5) is 0 Å². The van der Waals surface area contributed by atoms with E-state index in [0.717, 1.165) is 41.0 Å². The lowest BCUT2D eigenvalue weighted by Gasteiger charge is -2.57. The first-order chi connectivity index (χ1) is 12.6. The molecule has 0 saturated heterocycles. The summed E-state index contributed by atoms with van der Waals surface area (Å²) in [4.78, 5) is 3.22. The maximum atomic E-state index is 10.3. The summed E-state index contributed by atoms with van der Waals surface area (Å²) in [6, 6.07) is 8.05. The molecule has 3 N–H and O–H groups in total. The van der Waals surface area contributed by atoms with Crippen LogP contribution >= 0.6 is 12.4 Å². The molecule has 5 heteroatoms. The molecule has 1 unspecified atom stereocenters. The molecule has 6 rings (SSSR count). The number of aromatic nitrogens is 1. The number of aromatic amines is 1. The van der Waals surface area contributed by atoms with Gasteiger partial charge in [0, 0.05) is 23.6 Å². The highest BCUT2D eigenvalue weighted by Crippen LogP contribution is 2.59. The van der Waals surface area contributed by atoms with Crippen LogP contribution in [0.25, 0.3) is 10.9 Å². The molecule has 2 aromatic rings. The van der Waals surface area contributed by atoms with Crippen LogP contribution in [0.15, 0.2) is 30.5 Å². The third-order valence-corrected chi connectivity index (χ3v) is 7.09. The van der Waals surface area contributed by atoms with Crippen molar-refractivity contribution in [2.45, 2.75) is 57.8 Å². The monoisotopic (exact) mass is 390 g/mol. The van der Waals surface area contributed by atoms with E-state index in [9.17, 15) is 5.11 Å². The van der Waals surface area contributed by atoms with Crippen LogP contribution in [0.3, 0.4) is 0 Å². The average Bonchev–Trinajstić information content (AvgIpc) is 3.06. The smallest absolute Gasteiger partial charge is 0.176 e. The van der Waals surface area contributed by atoms with Crippen molar-refractivity contribution in [1.29, 1.82) is 0 Å². The molecule has 148 valence electrons. The SMILES string of the molecule is C[C@H](O)C(NCC12CC3CC(CC(C3)C1)C2)Oc1cccc2[nH]ccc12.Cl. The fourth-order valence-corrected chi connectivity index (χ4v) is 6.43. The van der Waals surface area contributed by atoms with Gasteiger partial charge in [-0.1, -0.05) is 6.07 Å². The van der Waals surface area contributed by atoms with Crippen molar-refractivity contribution in [1.82, 2.24) is 10.3 Å². The second kappa shape index (κ2) is 7.31. The molecule has 2 atom stereocenters. The first kappa shape index (κ1) is 19.1. The summed E-state index contributed by atoms with van der Waals surface area (Å²) >= 11 is 0. The van der Waals surface area contributed by atoms with Gasteiger partial charge in [-0.25, -0.2) is 0 Å². The molecule has 1 heterocycles. The van der Waals surface area contributed by atoms with Crippen LogP contribution in [0.5, 0.6) is 5.75 Å². The standard InChI is InChI=1S/C22H30N2O2.ClH/c1-14(25)21(26-20-4-2-3-19-18(20)5-6-23-19)24-13-22-10-15-7-16(11-22)9-17(8-15)12-22;/h2-6,14-17,21,23-25H,7-13H2,1H3;1H/t14-,15?,16?,17?,21?,22?;/m0./s1. The quantitative estimate of drug-likeness (QED) is 0.637. The van der Waals surface area contributed by atoms with Gasteiger partial charge in [0.2, 0.25) is 0 Å². The number of benzene rings is 1. The number of halogens is 1. The Kier molecular flexibility index (Phi) is 5.17. The number of hydrogen-bond acceptors (Lipinski definition) is 3. The number of ether oxygens (including phenoxy) is 1. The molecule has 4 aliphatic carbocycles. The zero-order valence-electron chi connectivity index (χ0n) is 16.0. The van der Waals surface area contributed by atoms with Gasteiger partial charge in [-0.05, 0) is 86.8 Å². The van der Waals surface area contributed by atoms with E-state index in [1.165, 1.54) is 38.5 Å². The first-order valence-electron chi connectivity index (χ1n) is 10.2. The summed E-state index contributed by atoms with van der Waals surface area (Å²) in [6.07, 6.45) is 9.49. The van der Waals surface area contributed by atoms with Crippen molar-refractivity contribution >= 4 is 23.3 Å². The Morgan fingerprint density at radius 1 is 1.15 bits per heavy atom. The Balaban J connectivity index is 0.00000180. The first-order valence-corrected chi connectivity index (χ1v) is 10.2.